The van der Waals surface area contributed by atoms with Gasteiger partial charge >= 0.3 is 0 Å². The van der Waals surface area contributed by atoms with E-state index in [4.69, 9.17) is 4.98 Å². The van der Waals surface area contributed by atoms with Gasteiger partial charge in [0.15, 0.2) is 0 Å². The molecule has 0 aliphatic rings. The van der Waals surface area contributed by atoms with E-state index in [1.54, 1.807) is 11.3 Å². The minimum absolute atomic E-state index is 0.0495. The molecule has 4 aromatic rings. The van der Waals surface area contributed by atoms with E-state index in [9.17, 15) is 4.79 Å². The lowest BCUT2D eigenvalue weighted by atomic mass is 10.0. The summed E-state index contributed by atoms with van der Waals surface area (Å²) < 4.78 is 0. The zero-order valence-corrected chi connectivity index (χ0v) is 19.8. The third-order valence-corrected chi connectivity index (χ3v) is 6.81. The Morgan fingerprint density at radius 2 is 1.56 bits per heavy atom. The molecule has 5 nitrogen and oxygen atoms in total. The normalized spacial score (nSPS) is 11.8. The quantitative estimate of drug-likeness (QED) is 0.359. The summed E-state index contributed by atoms with van der Waals surface area (Å²) in [5.74, 6) is -0.0495. The van der Waals surface area contributed by atoms with Gasteiger partial charge in [-0.2, -0.15) is 0 Å². The third kappa shape index (κ3) is 5.41. The van der Waals surface area contributed by atoms with Gasteiger partial charge in [0.25, 0.3) is 0 Å². The summed E-state index contributed by atoms with van der Waals surface area (Å²) in [7, 11) is 0. The van der Waals surface area contributed by atoms with Crippen LogP contribution < -0.4 is 5.32 Å². The van der Waals surface area contributed by atoms with Gasteiger partial charge in [0.2, 0.25) is 11.1 Å². The van der Waals surface area contributed by atoms with Gasteiger partial charge in [0.1, 0.15) is 11.4 Å². The molecule has 7 heteroatoms. The predicted molar refractivity (Wildman–Crippen MR) is 132 cm³/mol. The lowest BCUT2D eigenvalue weighted by molar-refractivity contribution is -0.120. The molecule has 0 unspecified atom stereocenters. The van der Waals surface area contributed by atoms with Crippen LogP contribution in [0.5, 0.6) is 0 Å². The highest BCUT2D eigenvalue weighted by Gasteiger charge is 2.19. The summed E-state index contributed by atoms with van der Waals surface area (Å²) in [6, 6.07) is 20.4. The van der Waals surface area contributed by atoms with E-state index < -0.39 is 0 Å². The summed E-state index contributed by atoms with van der Waals surface area (Å²) >= 11 is 2.94. The summed E-state index contributed by atoms with van der Waals surface area (Å²) in [5, 5.41) is 14.0. The number of carbonyl (C=O) groups excluding carboxylic acids is 1. The van der Waals surface area contributed by atoms with Crippen molar-refractivity contribution in [3.63, 3.8) is 0 Å². The molecule has 0 saturated carbocycles. The molecule has 0 aliphatic carbocycles. The van der Waals surface area contributed by atoms with Gasteiger partial charge in [-0.1, -0.05) is 77.5 Å². The lowest BCUT2D eigenvalue weighted by Crippen LogP contribution is -2.30. The molecule has 4 rings (SSSR count). The molecule has 0 aliphatic heterocycles. The number of amides is 1. The van der Waals surface area contributed by atoms with E-state index in [-0.39, 0.29) is 11.2 Å². The summed E-state index contributed by atoms with van der Waals surface area (Å²) in [5.41, 5.74) is 5.78. The summed E-state index contributed by atoms with van der Waals surface area (Å²) in [6.45, 7) is 6.50. The average molecular weight is 461 g/mol. The molecule has 0 saturated heterocycles. The fourth-order valence-corrected chi connectivity index (χ4v) is 4.51. The standard InChI is InChI=1S/C25H24N4OS2/c1-16-6-10-19(11-7-16)22-23(20-12-8-17(2)9-13-20)28-29-25(27-22)32-18(3)24(30)26-15-21-5-4-14-31-21/h4-14,18H,15H2,1-3H3,(H,26,30)/t18-/m0/s1. The van der Waals surface area contributed by atoms with Crippen molar-refractivity contribution in [2.24, 2.45) is 0 Å². The Hall–Kier alpha value is -3.03. The number of hydrogen-bond acceptors (Lipinski definition) is 6. The minimum Gasteiger partial charge on any atom is -0.350 e. The first-order chi connectivity index (χ1) is 15.5. The Balaban J connectivity index is 1.59. The maximum atomic E-state index is 12.6. The zero-order chi connectivity index (χ0) is 22.5. The Morgan fingerprint density at radius 3 is 2.16 bits per heavy atom. The summed E-state index contributed by atoms with van der Waals surface area (Å²) in [6.07, 6.45) is 0. The number of hydrogen-bond donors (Lipinski definition) is 1. The van der Waals surface area contributed by atoms with E-state index in [0.29, 0.717) is 11.7 Å². The Morgan fingerprint density at radius 1 is 0.938 bits per heavy atom. The maximum Gasteiger partial charge on any atom is 0.233 e. The van der Waals surface area contributed by atoms with Crippen LogP contribution in [0.25, 0.3) is 22.5 Å². The molecule has 0 radical (unpaired) electrons. The number of benzene rings is 2. The first-order valence-corrected chi connectivity index (χ1v) is 12.1. The largest absolute Gasteiger partial charge is 0.350 e. The monoisotopic (exact) mass is 460 g/mol. The van der Waals surface area contributed by atoms with Crippen LogP contribution in [0.3, 0.4) is 0 Å². The van der Waals surface area contributed by atoms with Crippen molar-refractivity contribution >= 4 is 29.0 Å². The van der Waals surface area contributed by atoms with E-state index >= 15 is 0 Å². The molecule has 2 aromatic heterocycles. The van der Waals surface area contributed by atoms with Gasteiger partial charge in [-0.15, -0.1) is 21.5 Å². The van der Waals surface area contributed by atoms with Crippen molar-refractivity contribution < 1.29 is 4.79 Å². The molecule has 2 aromatic carbocycles. The molecule has 1 atom stereocenters. The number of rotatable bonds is 7. The molecule has 32 heavy (non-hydrogen) atoms. The fourth-order valence-electron chi connectivity index (χ4n) is 3.12. The van der Waals surface area contributed by atoms with Crippen LogP contribution in [0.4, 0.5) is 0 Å². The zero-order valence-electron chi connectivity index (χ0n) is 18.2. The van der Waals surface area contributed by atoms with Crippen LogP contribution in [0.2, 0.25) is 0 Å². The second kappa shape index (κ2) is 10.1. The molecule has 0 fully saturated rings. The fraction of sp³-hybridized carbons (Fsp3) is 0.200. The Kier molecular flexibility index (Phi) is 6.97. The van der Waals surface area contributed by atoms with Crippen LogP contribution in [-0.4, -0.2) is 26.3 Å². The summed E-state index contributed by atoms with van der Waals surface area (Å²) in [4.78, 5) is 18.5. The number of nitrogens with one attached hydrogen (secondary N) is 1. The van der Waals surface area contributed by atoms with Gasteiger partial charge in [0.05, 0.1) is 11.8 Å². The van der Waals surface area contributed by atoms with Crippen molar-refractivity contribution in [1.29, 1.82) is 0 Å². The highest BCUT2D eigenvalue weighted by atomic mass is 32.2. The molecule has 162 valence electrons. The van der Waals surface area contributed by atoms with Gasteiger partial charge in [0, 0.05) is 16.0 Å². The molecule has 0 spiro atoms. The molecule has 2 heterocycles. The highest BCUT2D eigenvalue weighted by molar-refractivity contribution is 8.00. The molecular weight excluding hydrogens is 436 g/mol. The van der Waals surface area contributed by atoms with Crippen LogP contribution in [0.1, 0.15) is 22.9 Å². The van der Waals surface area contributed by atoms with E-state index in [1.165, 1.54) is 22.9 Å². The van der Waals surface area contributed by atoms with Crippen molar-refractivity contribution in [3.8, 4) is 22.5 Å². The van der Waals surface area contributed by atoms with Gasteiger partial charge in [-0.05, 0) is 32.2 Å². The van der Waals surface area contributed by atoms with Gasteiger partial charge in [-0.3, -0.25) is 4.79 Å². The predicted octanol–water partition coefficient (Wildman–Crippen LogP) is 5.68. The number of nitrogens with zero attached hydrogens (tertiary/aromatic N) is 3. The van der Waals surface area contributed by atoms with Crippen molar-refractivity contribution in [2.45, 2.75) is 37.7 Å². The second-order valence-electron chi connectivity index (χ2n) is 7.58. The van der Waals surface area contributed by atoms with Crippen molar-refractivity contribution in [3.05, 3.63) is 82.0 Å². The van der Waals surface area contributed by atoms with E-state index in [0.717, 1.165) is 27.4 Å². The first kappa shape index (κ1) is 22.2. The van der Waals surface area contributed by atoms with Gasteiger partial charge in [-0.25, -0.2) is 4.98 Å². The van der Waals surface area contributed by atoms with Crippen LogP contribution >= 0.6 is 23.1 Å². The van der Waals surface area contributed by atoms with Gasteiger partial charge < -0.3 is 5.32 Å². The van der Waals surface area contributed by atoms with Crippen LogP contribution in [0, 0.1) is 13.8 Å². The average Bonchev–Trinajstić information content (AvgIpc) is 3.32. The molecule has 0 bridgehead atoms. The van der Waals surface area contributed by atoms with Crippen LogP contribution in [0.15, 0.2) is 71.2 Å². The third-order valence-electron chi connectivity index (χ3n) is 4.99. The number of carbonyl (C=O) groups is 1. The number of aryl methyl sites for hydroxylation is 2. The van der Waals surface area contributed by atoms with E-state index in [2.05, 4.69) is 53.6 Å². The Labute approximate surface area is 196 Å². The number of thiophene rings is 1. The highest BCUT2D eigenvalue weighted by Crippen LogP contribution is 2.31. The SMILES string of the molecule is Cc1ccc(-c2nnc(S[C@@H](C)C(=O)NCc3cccs3)nc2-c2ccc(C)cc2)cc1. The smallest absolute Gasteiger partial charge is 0.233 e. The van der Waals surface area contributed by atoms with Crippen molar-refractivity contribution in [2.75, 3.05) is 0 Å². The lowest BCUT2D eigenvalue weighted by Gasteiger charge is -2.13. The second-order valence-corrected chi connectivity index (χ2v) is 9.92. The number of thioether (sulfide) groups is 1. The van der Waals surface area contributed by atoms with Crippen molar-refractivity contribution in [1.82, 2.24) is 20.5 Å². The molecular formula is C25H24N4OS2. The Bertz CT molecular complexity index is 1190. The molecule has 1 N–H and O–H groups in total. The van der Waals surface area contributed by atoms with E-state index in [1.807, 2.05) is 48.7 Å². The maximum absolute atomic E-state index is 12.6. The minimum atomic E-state index is -0.340. The first-order valence-electron chi connectivity index (χ1n) is 10.3. The molecule has 1 amide bonds. The van der Waals surface area contributed by atoms with Crippen LogP contribution in [-0.2, 0) is 11.3 Å². The topological polar surface area (TPSA) is 67.8 Å². The number of aromatic nitrogens is 3.